The second-order valence-corrected chi connectivity index (χ2v) is 5.56. The zero-order valence-corrected chi connectivity index (χ0v) is 12.2. The first-order valence-corrected chi connectivity index (χ1v) is 7.23. The van der Waals surface area contributed by atoms with Gasteiger partial charge < -0.3 is 14.6 Å². The lowest BCUT2D eigenvalue weighted by Gasteiger charge is -2.21. The highest BCUT2D eigenvalue weighted by atomic mass is 35.5. The largest absolute Gasteiger partial charge is 0.490 e. The first-order valence-electron chi connectivity index (χ1n) is 6.85. The molecule has 1 aromatic rings. The minimum Gasteiger partial charge on any atom is -0.490 e. The lowest BCUT2D eigenvalue weighted by atomic mass is 9.99. The molecule has 2 atom stereocenters. The molecule has 20 heavy (non-hydrogen) atoms. The van der Waals surface area contributed by atoms with Crippen LogP contribution in [0.5, 0.6) is 5.75 Å². The van der Waals surface area contributed by atoms with Crippen LogP contribution in [0.4, 0.5) is 0 Å². The molecule has 0 aromatic heterocycles. The van der Waals surface area contributed by atoms with Gasteiger partial charge in [-0.25, -0.2) is 4.79 Å². The third-order valence-electron chi connectivity index (χ3n) is 3.44. The second kappa shape index (κ2) is 6.46. The molecular formula is C15H19ClO4. The lowest BCUT2D eigenvalue weighted by molar-refractivity contribution is -0.144. The number of benzene rings is 1. The summed E-state index contributed by atoms with van der Waals surface area (Å²) in [6.45, 7) is 2.37. The molecule has 1 heterocycles. The zero-order chi connectivity index (χ0) is 14.6. The number of carboxylic acids is 1. The molecule has 0 amide bonds. The van der Waals surface area contributed by atoms with Gasteiger partial charge in [-0.05, 0) is 30.7 Å². The fourth-order valence-electron chi connectivity index (χ4n) is 2.12. The summed E-state index contributed by atoms with van der Waals surface area (Å²) in [6, 6.07) is 7.10. The number of carboxylic acid groups (broad SMARTS) is 1. The summed E-state index contributed by atoms with van der Waals surface area (Å²) in [5.41, 5.74) is -1.04. The Bertz CT molecular complexity index is 453. The van der Waals surface area contributed by atoms with E-state index in [1.807, 2.05) is 0 Å². The molecule has 2 unspecified atom stereocenters. The van der Waals surface area contributed by atoms with E-state index >= 15 is 0 Å². The number of carbonyl (C=O) groups is 1. The number of unbranched alkanes of at least 4 members (excludes halogenated alkanes) is 1. The number of hydrogen-bond donors (Lipinski definition) is 1. The number of ether oxygens (including phenoxy) is 2. The normalized spacial score (nSPS) is 22.3. The Kier molecular flexibility index (Phi) is 4.89. The molecule has 110 valence electrons. The molecule has 1 fully saturated rings. The van der Waals surface area contributed by atoms with Crippen molar-refractivity contribution in [3.63, 3.8) is 0 Å². The van der Waals surface area contributed by atoms with E-state index in [-0.39, 0.29) is 12.7 Å². The van der Waals surface area contributed by atoms with Crippen molar-refractivity contribution in [2.24, 2.45) is 0 Å². The van der Waals surface area contributed by atoms with Gasteiger partial charge >= 0.3 is 5.97 Å². The third-order valence-corrected chi connectivity index (χ3v) is 3.69. The average molecular weight is 299 g/mol. The maximum absolute atomic E-state index is 11.2. The molecule has 1 aliphatic rings. The van der Waals surface area contributed by atoms with E-state index in [0.29, 0.717) is 17.2 Å². The first kappa shape index (κ1) is 15.1. The summed E-state index contributed by atoms with van der Waals surface area (Å²) < 4.78 is 11.0. The monoisotopic (exact) mass is 298 g/mol. The summed E-state index contributed by atoms with van der Waals surface area (Å²) in [7, 11) is 0. The van der Waals surface area contributed by atoms with Crippen LogP contribution in [0.15, 0.2) is 24.3 Å². The Labute approximate surface area is 123 Å². The Morgan fingerprint density at radius 1 is 1.50 bits per heavy atom. The predicted octanol–water partition coefficient (Wildman–Crippen LogP) is 3.52. The lowest BCUT2D eigenvalue weighted by Crippen LogP contribution is -2.32. The quantitative estimate of drug-likeness (QED) is 0.746. The van der Waals surface area contributed by atoms with E-state index in [2.05, 4.69) is 6.92 Å². The van der Waals surface area contributed by atoms with Gasteiger partial charge in [0.05, 0.1) is 6.61 Å². The van der Waals surface area contributed by atoms with Crippen molar-refractivity contribution in [2.75, 3.05) is 6.61 Å². The van der Waals surface area contributed by atoms with Gasteiger partial charge in [0.2, 0.25) is 0 Å². The van der Waals surface area contributed by atoms with Crippen molar-refractivity contribution >= 4 is 17.6 Å². The molecule has 1 saturated heterocycles. The number of hydrogen-bond acceptors (Lipinski definition) is 3. The molecule has 1 N–H and O–H groups in total. The summed E-state index contributed by atoms with van der Waals surface area (Å²) in [6.07, 6.45) is 3.08. The molecule has 1 aromatic carbocycles. The first-order chi connectivity index (χ1) is 9.55. The number of rotatable bonds is 8. The van der Waals surface area contributed by atoms with Gasteiger partial charge in [0, 0.05) is 11.4 Å². The fraction of sp³-hybridized carbons (Fsp3) is 0.533. The highest BCUT2D eigenvalue weighted by molar-refractivity contribution is 6.30. The molecule has 0 saturated carbocycles. The molecule has 0 aliphatic carbocycles. The van der Waals surface area contributed by atoms with Crippen LogP contribution in [0.1, 0.15) is 32.6 Å². The number of epoxide rings is 1. The highest BCUT2D eigenvalue weighted by Gasteiger charge is 2.54. The van der Waals surface area contributed by atoms with Gasteiger partial charge in [0.25, 0.3) is 0 Å². The number of aliphatic carboxylic acids is 1. The zero-order valence-electron chi connectivity index (χ0n) is 11.5. The van der Waals surface area contributed by atoms with Crippen LogP contribution >= 0.6 is 11.6 Å². The van der Waals surface area contributed by atoms with Gasteiger partial charge in [0.1, 0.15) is 11.9 Å². The van der Waals surface area contributed by atoms with Crippen LogP contribution in [0.25, 0.3) is 0 Å². The van der Waals surface area contributed by atoms with Crippen LogP contribution in [-0.2, 0) is 9.53 Å². The van der Waals surface area contributed by atoms with Gasteiger partial charge in [-0.3, -0.25) is 0 Å². The summed E-state index contributed by atoms with van der Waals surface area (Å²) in [5.74, 6) is -0.199. The summed E-state index contributed by atoms with van der Waals surface area (Å²) in [4.78, 5) is 11.2. The van der Waals surface area contributed by atoms with Crippen molar-refractivity contribution in [3.8, 4) is 5.75 Å². The van der Waals surface area contributed by atoms with Gasteiger partial charge in [0.15, 0.2) is 5.60 Å². The van der Waals surface area contributed by atoms with Crippen molar-refractivity contribution in [2.45, 2.75) is 44.3 Å². The van der Waals surface area contributed by atoms with Crippen molar-refractivity contribution < 1.29 is 19.4 Å². The SMILES string of the molecule is CCCCC(CC1(C(=O)O)CO1)Oc1ccc(Cl)cc1. The van der Waals surface area contributed by atoms with Crippen molar-refractivity contribution in [3.05, 3.63) is 29.3 Å². The van der Waals surface area contributed by atoms with Crippen molar-refractivity contribution in [1.29, 1.82) is 0 Å². The topological polar surface area (TPSA) is 59.1 Å². The van der Waals surface area contributed by atoms with E-state index in [4.69, 9.17) is 21.1 Å². The van der Waals surface area contributed by atoms with Crippen LogP contribution in [0, 0.1) is 0 Å². The molecule has 4 nitrogen and oxygen atoms in total. The molecule has 0 radical (unpaired) electrons. The van der Waals surface area contributed by atoms with Gasteiger partial charge in [-0.1, -0.05) is 31.4 Å². The third kappa shape index (κ3) is 3.87. The van der Waals surface area contributed by atoms with Crippen LogP contribution in [0.2, 0.25) is 5.02 Å². The summed E-state index contributed by atoms with van der Waals surface area (Å²) in [5, 5.41) is 9.83. The van der Waals surface area contributed by atoms with Crippen LogP contribution in [-0.4, -0.2) is 29.4 Å². The molecule has 1 aliphatic heterocycles. The van der Waals surface area contributed by atoms with Gasteiger partial charge in [-0.2, -0.15) is 0 Å². The van der Waals surface area contributed by atoms with E-state index in [1.54, 1.807) is 24.3 Å². The molecule has 5 heteroatoms. The Balaban J connectivity index is 2.00. The fourth-order valence-corrected chi connectivity index (χ4v) is 2.25. The molecular weight excluding hydrogens is 280 g/mol. The molecule has 0 spiro atoms. The maximum atomic E-state index is 11.2. The number of halogens is 1. The Hall–Kier alpha value is -1.26. The predicted molar refractivity (Wildman–Crippen MR) is 76.3 cm³/mol. The highest BCUT2D eigenvalue weighted by Crippen LogP contribution is 2.35. The smallest absolute Gasteiger partial charge is 0.338 e. The average Bonchev–Trinajstić information content (AvgIpc) is 3.19. The van der Waals surface area contributed by atoms with Gasteiger partial charge in [-0.15, -0.1) is 0 Å². The minimum atomic E-state index is -1.04. The summed E-state index contributed by atoms with van der Waals surface area (Å²) >= 11 is 5.84. The van der Waals surface area contributed by atoms with E-state index in [1.165, 1.54) is 0 Å². The Morgan fingerprint density at radius 2 is 2.15 bits per heavy atom. The standard InChI is InChI=1S/C15H19ClO4/c1-2-3-4-13(9-15(10-19-15)14(17)18)20-12-7-5-11(16)6-8-12/h5-8,13H,2-4,9-10H2,1H3,(H,17,18). The van der Waals surface area contributed by atoms with E-state index < -0.39 is 11.6 Å². The molecule has 0 bridgehead atoms. The van der Waals surface area contributed by atoms with E-state index in [0.717, 1.165) is 19.3 Å². The van der Waals surface area contributed by atoms with E-state index in [9.17, 15) is 9.90 Å². The minimum absolute atomic E-state index is 0.158. The van der Waals surface area contributed by atoms with Crippen molar-refractivity contribution in [1.82, 2.24) is 0 Å². The van der Waals surface area contributed by atoms with Crippen LogP contribution < -0.4 is 4.74 Å². The second-order valence-electron chi connectivity index (χ2n) is 5.13. The Morgan fingerprint density at radius 3 is 2.65 bits per heavy atom. The maximum Gasteiger partial charge on any atom is 0.338 e. The van der Waals surface area contributed by atoms with Crippen LogP contribution in [0.3, 0.4) is 0 Å². The molecule has 2 rings (SSSR count).